The summed E-state index contributed by atoms with van der Waals surface area (Å²) in [6.45, 7) is 0. The molecule has 1 aromatic carbocycles. The molecule has 0 saturated heterocycles. The van der Waals surface area contributed by atoms with Crippen LogP contribution in [0, 0.1) is 0 Å². The van der Waals surface area contributed by atoms with Crippen LogP contribution in [0.2, 0.25) is 0 Å². The zero-order chi connectivity index (χ0) is 12.9. The highest BCUT2D eigenvalue weighted by atomic mass is 35.5. The highest BCUT2D eigenvalue weighted by molar-refractivity contribution is 6.17. The average Bonchev–Trinajstić information content (AvgIpc) is 2.86. The number of rotatable bonds is 2. The van der Waals surface area contributed by atoms with Gasteiger partial charge in [0.25, 0.3) is 0 Å². The van der Waals surface area contributed by atoms with Crippen molar-refractivity contribution in [3.8, 4) is 0 Å². The van der Waals surface area contributed by atoms with Crippen molar-refractivity contribution in [2.75, 3.05) is 0 Å². The molecule has 94 valence electrons. The summed E-state index contributed by atoms with van der Waals surface area (Å²) < 4.78 is 4.02. The minimum absolute atomic E-state index is 0.405. The van der Waals surface area contributed by atoms with Gasteiger partial charge in [0.2, 0.25) is 0 Å². The van der Waals surface area contributed by atoms with E-state index in [1.807, 2.05) is 29.3 Å². The monoisotopic (exact) mass is 282 g/mol. The molecule has 0 aliphatic carbocycles. The zero-order valence-electron chi connectivity index (χ0n) is 10.1. The number of aryl methyl sites for hydroxylation is 2. The number of alkyl halides is 2. The largest absolute Gasteiger partial charge is 0.330 e. The topological polar surface area (TPSA) is 35.6 Å². The van der Waals surface area contributed by atoms with Gasteiger partial charge in [0.1, 0.15) is 11.6 Å². The number of hydrogen-bond donors (Lipinski definition) is 0. The third-order valence-corrected chi connectivity index (χ3v) is 3.78. The van der Waals surface area contributed by atoms with E-state index >= 15 is 0 Å². The molecule has 18 heavy (non-hydrogen) atoms. The molecule has 6 heteroatoms. The van der Waals surface area contributed by atoms with E-state index < -0.39 is 0 Å². The lowest BCUT2D eigenvalue weighted by molar-refractivity contribution is 0.866. The van der Waals surface area contributed by atoms with Crippen LogP contribution in [0.5, 0.6) is 0 Å². The summed E-state index contributed by atoms with van der Waals surface area (Å²) >= 11 is 11.7. The maximum atomic E-state index is 5.87. The standard InChI is InChI=1S/C12H12Cl2N4/c1-17-9-4-10-8(16-12(6-14)18(10)2)3-7(9)15-11(17)5-13/h3-4H,5-6H2,1-2H3. The van der Waals surface area contributed by atoms with Crippen LogP contribution in [0.25, 0.3) is 22.1 Å². The molecule has 2 heterocycles. The first-order chi connectivity index (χ1) is 8.65. The first-order valence-electron chi connectivity index (χ1n) is 5.58. The molecule has 0 amide bonds. The molecule has 0 fully saturated rings. The van der Waals surface area contributed by atoms with E-state index in [1.54, 1.807) is 0 Å². The van der Waals surface area contributed by atoms with Gasteiger partial charge in [-0.05, 0) is 12.1 Å². The fraction of sp³-hybridized carbons (Fsp3) is 0.333. The summed E-state index contributed by atoms with van der Waals surface area (Å²) in [5, 5.41) is 0. The Balaban J connectivity index is 2.39. The van der Waals surface area contributed by atoms with E-state index in [9.17, 15) is 0 Å². The maximum Gasteiger partial charge on any atom is 0.124 e. The van der Waals surface area contributed by atoms with Crippen molar-refractivity contribution in [2.24, 2.45) is 14.1 Å². The maximum absolute atomic E-state index is 5.87. The minimum Gasteiger partial charge on any atom is -0.330 e. The second-order valence-corrected chi connectivity index (χ2v) is 4.81. The molecule has 0 bridgehead atoms. The van der Waals surface area contributed by atoms with Crippen molar-refractivity contribution in [3.63, 3.8) is 0 Å². The van der Waals surface area contributed by atoms with Crippen molar-refractivity contribution in [3.05, 3.63) is 23.8 Å². The van der Waals surface area contributed by atoms with Crippen LogP contribution in [0.3, 0.4) is 0 Å². The highest BCUT2D eigenvalue weighted by Gasteiger charge is 2.12. The van der Waals surface area contributed by atoms with E-state index in [-0.39, 0.29) is 0 Å². The molecule has 0 spiro atoms. The zero-order valence-corrected chi connectivity index (χ0v) is 11.6. The van der Waals surface area contributed by atoms with E-state index in [4.69, 9.17) is 23.2 Å². The summed E-state index contributed by atoms with van der Waals surface area (Å²) in [4.78, 5) is 8.99. The molecular formula is C12H12Cl2N4. The normalized spacial score (nSPS) is 11.8. The van der Waals surface area contributed by atoms with Gasteiger partial charge in [-0.1, -0.05) is 0 Å². The van der Waals surface area contributed by atoms with Gasteiger partial charge < -0.3 is 9.13 Å². The summed E-state index contributed by atoms with van der Waals surface area (Å²) in [5.74, 6) is 2.53. The summed E-state index contributed by atoms with van der Waals surface area (Å²) in [5.41, 5.74) is 3.95. The van der Waals surface area contributed by atoms with Crippen LogP contribution in [0.1, 0.15) is 11.6 Å². The van der Waals surface area contributed by atoms with Crippen molar-refractivity contribution < 1.29 is 0 Å². The smallest absolute Gasteiger partial charge is 0.124 e. The van der Waals surface area contributed by atoms with Gasteiger partial charge in [-0.15, -0.1) is 23.2 Å². The number of hydrogen-bond acceptors (Lipinski definition) is 2. The van der Waals surface area contributed by atoms with E-state index in [0.29, 0.717) is 11.8 Å². The van der Waals surface area contributed by atoms with E-state index in [0.717, 1.165) is 33.7 Å². The van der Waals surface area contributed by atoms with Crippen LogP contribution in [-0.4, -0.2) is 19.1 Å². The molecule has 0 unspecified atom stereocenters. The lowest BCUT2D eigenvalue weighted by Gasteiger charge is -2.00. The van der Waals surface area contributed by atoms with Crippen LogP contribution in [0.15, 0.2) is 12.1 Å². The predicted molar refractivity (Wildman–Crippen MR) is 74.1 cm³/mol. The molecule has 0 aliphatic heterocycles. The molecular weight excluding hydrogens is 271 g/mol. The number of aromatic nitrogens is 4. The van der Waals surface area contributed by atoms with Gasteiger partial charge >= 0.3 is 0 Å². The first-order valence-corrected chi connectivity index (χ1v) is 6.65. The van der Waals surface area contributed by atoms with Gasteiger partial charge in [-0.3, -0.25) is 0 Å². The van der Waals surface area contributed by atoms with Gasteiger partial charge in [-0.2, -0.15) is 0 Å². The van der Waals surface area contributed by atoms with Gasteiger partial charge in [-0.25, -0.2) is 9.97 Å². The molecule has 0 N–H and O–H groups in total. The van der Waals surface area contributed by atoms with Crippen LogP contribution >= 0.6 is 23.2 Å². The van der Waals surface area contributed by atoms with Gasteiger partial charge in [0.05, 0.1) is 33.8 Å². The summed E-state index contributed by atoms with van der Waals surface area (Å²) in [6.07, 6.45) is 0. The third kappa shape index (κ3) is 1.52. The Morgan fingerprint density at radius 1 is 0.889 bits per heavy atom. The highest BCUT2D eigenvalue weighted by Crippen LogP contribution is 2.24. The minimum atomic E-state index is 0.405. The Bertz CT molecular complexity index is 682. The Labute approximate surface area is 114 Å². The van der Waals surface area contributed by atoms with Gasteiger partial charge in [0, 0.05) is 14.1 Å². The first kappa shape index (κ1) is 11.8. The molecule has 0 aliphatic rings. The quantitative estimate of drug-likeness (QED) is 0.678. The molecule has 3 aromatic rings. The second-order valence-electron chi connectivity index (χ2n) is 4.27. The van der Waals surface area contributed by atoms with Crippen molar-refractivity contribution in [2.45, 2.75) is 11.8 Å². The molecule has 0 atom stereocenters. The molecule has 3 rings (SSSR count). The second kappa shape index (κ2) is 4.14. The fourth-order valence-corrected chi connectivity index (χ4v) is 2.69. The number of nitrogens with zero attached hydrogens (tertiary/aromatic N) is 4. The van der Waals surface area contributed by atoms with Gasteiger partial charge in [0.15, 0.2) is 0 Å². The molecule has 0 saturated carbocycles. The molecule has 2 aromatic heterocycles. The van der Waals surface area contributed by atoms with Crippen LogP contribution in [0.4, 0.5) is 0 Å². The molecule has 0 radical (unpaired) electrons. The Kier molecular flexibility index (Phi) is 2.72. The average molecular weight is 283 g/mol. The van der Waals surface area contributed by atoms with Crippen molar-refractivity contribution in [1.29, 1.82) is 0 Å². The van der Waals surface area contributed by atoms with Crippen molar-refractivity contribution in [1.82, 2.24) is 19.1 Å². The summed E-state index contributed by atoms with van der Waals surface area (Å²) in [6, 6.07) is 4.06. The number of halogens is 2. The number of benzene rings is 1. The number of fused-ring (bicyclic) bond motifs is 2. The van der Waals surface area contributed by atoms with E-state index in [2.05, 4.69) is 16.0 Å². The SMILES string of the molecule is Cn1c(CCl)nc2cc3nc(CCl)n(C)c3cc21. The molecule has 4 nitrogen and oxygen atoms in total. The predicted octanol–water partition coefficient (Wildman–Crippen LogP) is 2.94. The van der Waals surface area contributed by atoms with Crippen LogP contribution < -0.4 is 0 Å². The Hall–Kier alpha value is -1.26. The Morgan fingerprint density at radius 3 is 1.72 bits per heavy atom. The van der Waals surface area contributed by atoms with E-state index in [1.165, 1.54) is 0 Å². The third-order valence-electron chi connectivity index (χ3n) is 3.31. The number of imidazole rings is 2. The lowest BCUT2D eigenvalue weighted by atomic mass is 10.2. The van der Waals surface area contributed by atoms with Crippen molar-refractivity contribution >= 4 is 45.3 Å². The lowest BCUT2D eigenvalue weighted by Crippen LogP contribution is -1.95. The Morgan fingerprint density at radius 2 is 1.33 bits per heavy atom. The summed E-state index contributed by atoms with van der Waals surface area (Å²) in [7, 11) is 3.94. The van der Waals surface area contributed by atoms with Crippen LogP contribution in [-0.2, 0) is 25.9 Å². The fourth-order valence-electron chi connectivity index (χ4n) is 2.22.